The molecule has 2 rings (SSSR count). The van der Waals surface area contributed by atoms with Crippen LogP contribution in [0.2, 0.25) is 0 Å². The first-order chi connectivity index (χ1) is 7.21. The van der Waals surface area contributed by atoms with Gasteiger partial charge in [0.15, 0.2) is 0 Å². The van der Waals surface area contributed by atoms with Crippen LogP contribution in [0.25, 0.3) is 0 Å². The zero-order valence-electron chi connectivity index (χ0n) is 9.25. The Morgan fingerprint density at radius 1 is 1.33 bits per heavy atom. The summed E-state index contributed by atoms with van der Waals surface area (Å²) < 4.78 is 10.5. The number of ether oxygens (including phenoxy) is 2. The van der Waals surface area contributed by atoms with Crippen LogP contribution in [-0.4, -0.2) is 14.2 Å². The third-order valence-corrected chi connectivity index (χ3v) is 2.92. The standard InChI is InChI=1S/C12H17NO2/c1-14-8-9-4-3-5-10(15-2)11(9)12(13)6-7-12/h3-5H,6-8,13H2,1-2H3. The Morgan fingerprint density at radius 2 is 2.07 bits per heavy atom. The Bertz CT molecular complexity index is 359. The smallest absolute Gasteiger partial charge is 0.124 e. The molecule has 2 N–H and O–H groups in total. The first-order valence-electron chi connectivity index (χ1n) is 5.15. The number of nitrogens with two attached hydrogens (primary N) is 1. The zero-order valence-corrected chi connectivity index (χ0v) is 9.25. The molecule has 0 bridgehead atoms. The van der Waals surface area contributed by atoms with Crippen LogP contribution in [0.1, 0.15) is 24.0 Å². The largest absolute Gasteiger partial charge is 0.496 e. The van der Waals surface area contributed by atoms with Gasteiger partial charge < -0.3 is 15.2 Å². The van der Waals surface area contributed by atoms with Crippen molar-refractivity contribution in [3.05, 3.63) is 29.3 Å². The van der Waals surface area contributed by atoms with Crippen molar-refractivity contribution >= 4 is 0 Å². The van der Waals surface area contributed by atoms with Gasteiger partial charge in [-0.15, -0.1) is 0 Å². The molecular weight excluding hydrogens is 190 g/mol. The van der Waals surface area contributed by atoms with Crippen LogP contribution in [0, 0.1) is 0 Å². The average molecular weight is 207 g/mol. The van der Waals surface area contributed by atoms with E-state index in [9.17, 15) is 0 Å². The van der Waals surface area contributed by atoms with Crippen LogP contribution in [0.15, 0.2) is 18.2 Å². The first kappa shape index (κ1) is 10.5. The molecule has 0 heterocycles. The normalized spacial score (nSPS) is 17.5. The van der Waals surface area contributed by atoms with Gasteiger partial charge in [0.2, 0.25) is 0 Å². The monoisotopic (exact) mass is 207 g/mol. The zero-order chi connectivity index (χ0) is 10.9. The first-order valence-corrected chi connectivity index (χ1v) is 5.15. The lowest BCUT2D eigenvalue weighted by Crippen LogP contribution is -2.22. The van der Waals surface area contributed by atoms with E-state index in [4.69, 9.17) is 15.2 Å². The average Bonchev–Trinajstić information content (AvgIpc) is 2.97. The third kappa shape index (κ3) is 1.85. The van der Waals surface area contributed by atoms with Crippen molar-refractivity contribution in [1.82, 2.24) is 0 Å². The highest BCUT2D eigenvalue weighted by Crippen LogP contribution is 2.48. The van der Waals surface area contributed by atoms with Crippen LogP contribution in [0.5, 0.6) is 5.75 Å². The Labute approximate surface area is 90.2 Å². The van der Waals surface area contributed by atoms with E-state index in [-0.39, 0.29) is 5.54 Å². The summed E-state index contributed by atoms with van der Waals surface area (Å²) in [5, 5.41) is 0. The molecular formula is C12H17NO2. The molecule has 1 aromatic carbocycles. The van der Waals surface area contributed by atoms with Crippen LogP contribution in [0.3, 0.4) is 0 Å². The lowest BCUT2D eigenvalue weighted by molar-refractivity contribution is 0.183. The van der Waals surface area contributed by atoms with Crippen molar-refractivity contribution in [2.75, 3.05) is 14.2 Å². The minimum absolute atomic E-state index is 0.180. The fraction of sp³-hybridized carbons (Fsp3) is 0.500. The maximum absolute atomic E-state index is 6.24. The van der Waals surface area contributed by atoms with Crippen molar-refractivity contribution in [3.63, 3.8) is 0 Å². The van der Waals surface area contributed by atoms with Gasteiger partial charge >= 0.3 is 0 Å². The summed E-state index contributed by atoms with van der Waals surface area (Å²) in [7, 11) is 3.38. The molecule has 0 spiro atoms. The van der Waals surface area contributed by atoms with Gasteiger partial charge in [-0.2, -0.15) is 0 Å². The molecule has 3 nitrogen and oxygen atoms in total. The van der Waals surface area contributed by atoms with Crippen LogP contribution < -0.4 is 10.5 Å². The summed E-state index contributed by atoms with van der Waals surface area (Å²) >= 11 is 0. The van der Waals surface area contributed by atoms with E-state index in [1.165, 1.54) is 0 Å². The maximum Gasteiger partial charge on any atom is 0.124 e. The van der Waals surface area contributed by atoms with E-state index in [0.717, 1.165) is 29.7 Å². The van der Waals surface area contributed by atoms with Gasteiger partial charge in [0, 0.05) is 18.2 Å². The molecule has 0 saturated heterocycles. The van der Waals surface area contributed by atoms with E-state index >= 15 is 0 Å². The van der Waals surface area contributed by atoms with Crippen LogP contribution >= 0.6 is 0 Å². The van der Waals surface area contributed by atoms with Gasteiger partial charge in [0.05, 0.1) is 13.7 Å². The van der Waals surface area contributed by atoms with Crippen molar-refractivity contribution in [3.8, 4) is 5.75 Å². The van der Waals surface area contributed by atoms with Crippen LogP contribution in [-0.2, 0) is 16.9 Å². The van der Waals surface area contributed by atoms with E-state index in [0.29, 0.717) is 6.61 Å². The predicted molar refractivity (Wildman–Crippen MR) is 58.8 cm³/mol. The second-order valence-corrected chi connectivity index (χ2v) is 4.08. The molecule has 0 aliphatic heterocycles. The molecule has 1 aliphatic carbocycles. The summed E-state index contributed by atoms with van der Waals surface area (Å²) in [6.07, 6.45) is 2.06. The van der Waals surface area contributed by atoms with Crippen molar-refractivity contribution in [2.45, 2.75) is 25.0 Å². The number of hydrogen-bond acceptors (Lipinski definition) is 3. The minimum atomic E-state index is -0.180. The molecule has 0 aromatic heterocycles. The van der Waals surface area contributed by atoms with Crippen molar-refractivity contribution in [2.24, 2.45) is 5.73 Å². The molecule has 0 unspecified atom stereocenters. The predicted octanol–water partition coefficient (Wildman–Crippen LogP) is 1.79. The minimum Gasteiger partial charge on any atom is -0.496 e. The van der Waals surface area contributed by atoms with Gasteiger partial charge in [0.1, 0.15) is 5.75 Å². The highest BCUT2D eigenvalue weighted by molar-refractivity contribution is 5.47. The molecule has 3 heteroatoms. The molecule has 1 aliphatic rings. The van der Waals surface area contributed by atoms with E-state index in [1.807, 2.05) is 18.2 Å². The highest BCUT2D eigenvalue weighted by Gasteiger charge is 2.43. The third-order valence-electron chi connectivity index (χ3n) is 2.92. The number of methoxy groups -OCH3 is 2. The lowest BCUT2D eigenvalue weighted by atomic mass is 9.98. The molecule has 1 saturated carbocycles. The Morgan fingerprint density at radius 3 is 2.60 bits per heavy atom. The number of hydrogen-bond donors (Lipinski definition) is 1. The van der Waals surface area contributed by atoms with E-state index in [2.05, 4.69) is 0 Å². The molecule has 82 valence electrons. The SMILES string of the molecule is COCc1cccc(OC)c1C1(N)CC1. The Balaban J connectivity index is 2.45. The number of benzene rings is 1. The van der Waals surface area contributed by atoms with E-state index in [1.54, 1.807) is 14.2 Å². The van der Waals surface area contributed by atoms with Crippen LogP contribution in [0.4, 0.5) is 0 Å². The molecule has 0 amide bonds. The Hall–Kier alpha value is -1.06. The lowest BCUT2D eigenvalue weighted by Gasteiger charge is -2.18. The second kappa shape index (κ2) is 3.83. The summed E-state index contributed by atoms with van der Waals surface area (Å²) in [4.78, 5) is 0. The fourth-order valence-corrected chi connectivity index (χ4v) is 1.97. The molecule has 1 fully saturated rings. The second-order valence-electron chi connectivity index (χ2n) is 4.08. The van der Waals surface area contributed by atoms with Gasteiger partial charge in [-0.3, -0.25) is 0 Å². The quantitative estimate of drug-likeness (QED) is 0.818. The number of rotatable bonds is 4. The van der Waals surface area contributed by atoms with Gasteiger partial charge in [-0.25, -0.2) is 0 Å². The summed E-state index contributed by atoms with van der Waals surface area (Å²) in [5.74, 6) is 0.879. The summed E-state index contributed by atoms with van der Waals surface area (Å²) in [5.41, 5.74) is 8.32. The molecule has 1 aromatic rings. The fourth-order valence-electron chi connectivity index (χ4n) is 1.97. The van der Waals surface area contributed by atoms with E-state index < -0.39 is 0 Å². The Kier molecular flexibility index (Phi) is 2.67. The highest BCUT2D eigenvalue weighted by atomic mass is 16.5. The molecule has 0 radical (unpaired) electrons. The summed E-state index contributed by atoms with van der Waals surface area (Å²) in [6, 6.07) is 5.98. The van der Waals surface area contributed by atoms with Gasteiger partial charge in [0.25, 0.3) is 0 Å². The van der Waals surface area contributed by atoms with Crippen molar-refractivity contribution in [1.29, 1.82) is 0 Å². The van der Waals surface area contributed by atoms with Gasteiger partial charge in [-0.05, 0) is 24.5 Å². The summed E-state index contributed by atoms with van der Waals surface area (Å²) in [6.45, 7) is 0.589. The van der Waals surface area contributed by atoms with Gasteiger partial charge in [-0.1, -0.05) is 12.1 Å². The topological polar surface area (TPSA) is 44.5 Å². The maximum atomic E-state index is 6.24. The molecule has 15 heavy (non-hydrogen) atoms. The van der Waals surface area contributed by atoms with Crippen molar-refractivity contribution < 1.29 is 9.47 Å². The molecule has 0 atom stereocenters.